The van der Waals surface area contributed by atoms with Gasteiger partial charge in [0.15, 0.2) is 0 Å². The van der Waals surface area contributed by atoms with Crippen molar-refractivity contribution < 1.29 is 0 Å². The van der Waals surface area contributed by atoms with Gasteiger partial charge in [-0.05, 0) is 49.7 Å². The minimum absolute atomic E-state index is 1.29. The van der Waals surface area contributed by atoms with Crippen LogP contribution in [0.5, 0.6) is 0 Å². The third-order valence-corrected chi connectivity index (χ3v) is 2.50. The van der Waals surface area contributed by atoms with Gasteiger partial charge in [0, 0.05) is 0 Å². The van der Waals surface area contributed by atoms with Crippen molar-refractivity contribution in [3.8, 4) is 0 Å². The Morgan fingerprint density at radius 1 is 0.800 bits per heavy atom. The molecule has 2 aliphatic carbocycles. The molecular formula is C10H14. The van der Waals surface area contributed by atoms with Crippen LogP contribution < -0.4 is 0 Å². The van der Waals surface area contributed by atoms with Gasteiger partial charge in [-0.2, -0.15) is 0 Å². The van der Waals surface area contributed by atoms with Gasteiger partial charge in [-0.1, -0.05) is 12.2 Å². The van der Waals surface area contributed by atoms with Gasteiger partial charge in [0.25, 0.3) is 0 Å². The molecule has 0 unspecified atom stereocenters. The van der Waals surface area contributed by atoms with E-state index >= 15 is 0 Å². The number of hydrogen-bond acceptors (Lipinski definition) is 0. The zero-order chi connectivity index (χ0) is 6.81. The topological polar surface area (TPSA) is 0 Å². The van der Waals surface area contributed by atoms with Crippen molar-refractivity contribution in [2.24, 2.45) is 0 Å². The second kappa shape index (κ2) is 2.61. The van der Waals surface area contributed by atoms with Crippen molar-refractivity contribution in [2.45, 2.75) is 38.5 Å². The molecule has 1 fully saturated rings. The van der Waals surface area contributed by atoms with Crippen molar-refractivity contribution in [3.05, 3.63) is 23.3 Å². The van der Waals surface area contributed by atoms with Crippen molar-refractivity contribution >= 4 is 0 Å². The van der Waals surface area contributed by atoms with Crippen LogP contribution in [0.15, 0.2) is 23.3 Å². The highest BCUT2D eigenvalue weighted by atomic mass is 14.2. The maximum atomic E-state index is 2.44. The Bertz CT molecular complexity index is 162. The van der Waals surface area contributed by atoms with E-state index in [2.05, 4.69) is 12.2 Å². The molecule has 1 saturated carbocycles. The number of fused-ring (bicyclic) bond motifs is 1. The van der Waals surface area contributed by atoms with E-state index in [-0.39, 0.29) is 0 Å². The van der Waals surface area contributed by atoms with Gasteiger partial charge in [-0.25, -0.2) is 0 Å². The van der Waals surface area contributed by atoms with Crippen LogP contribution in [0.1, 0.15) is 38.5 Å². The predicted molar refractivity (Wildman–Crippen MR) is 43.9 cm³/mol. The lowest BCUT2D eigenvalue weighted by atomic mass is 9.85. The van der Waals surface area contributed by atoms with E-state index in [1.165, 1.54) is 38.5 Å². The molecule has 0 aromatic carbocycles. The number of hydrogen-bond donors (Lipinski definition) is 0. The van der Waals surface area contributed by atoms with Crippen LogP contribution in [0.2, 0.25) is 0 Å². The Labute approximate surface area is 62.6 Å². The molecule has 2 aliphatic rings. The summed E-state index contributed by atoms with van der Waals surface area (Å²) in [6.45, 7) is 0. The van der Waals surface area contributed by atoms with Crippen LogP contribution in [0.4, 0.5) is 0 Å². The average Bonchev–Trinajstić information content (AvgIpc) is 2.05. The first kappa shape index (κ1) is 6.21. The smallest absolute Gasteiger partial charge is 0.0279 e. The molecule has 0 nitrogen and oxygen atoms in total. The summed E-state index contributed by atoms with van der Waals surface area (Å²) >= 11 is 0. The molecular weight excluding hydrogens is 120 g/mol. The molecule has 0 saturated heterocycles. The standard InChI is InChI=1S/C10H14/c1-2-6-10-8-4-3-7-9(10)5-1/h5-6H,1-4,7-8H2. The van der Waals surface area contributed by atoms with Gasteiger partial charge in [0.05, 0.1) is 0 Å². The van der Waals surface area contributed by atoms with Crippen molar-refractivity contribution in [1.82, 2.24) is 0 Å². The Morgan fingerprint density at radius 3 is 1.80 bits per heavy atom. The fraction of sp³-hybridized carbons (Fsp3) is 0.600. The Balaban J connectivity index is 2.19. The third-order valence-electron chi connectivity index (χ3n) is 2.50. The summed E-state index contributed by atoms with van der Waals surface area (Å²) in [5.41, 5.74) is 3.33. The van der Waals surface area contributed by atoms with Crippen LogP contribution in [0.3, 0.4) is 0 Å². The van der Waals surface area contributed by atoms with Crippen LogP contribution in [-0.4, -0.2) is 0 Å². The maximum Gasteiger partial charge on any atom is -0.0279 e. The van der Waals surface area contributed by atoms with Gasteiger partial charge >= 0.3 is 0 Å². The SMILES string of the molecule is C1=C2CCCCC2=CCC1. The monoisotopic (exact) mass is 134 g/mol. The average molecular weight is 134 g/mol. The van der Waals surface area contributed by atoms with Gasteiger partial charge in [-0.15, -0.1) is 0 Å². The highest BCUT2D eigenvalue weighted by Crippen LogP contribution is 2.31. The minimum atomic E-state index is 1.29. The molecule has 0 spiro atoms. The summed E-state index contributed by atoms with van der Waals surface area (Å²) in [7, 11) is 0. The molecule has 0 aliphatic heterocycles. The summed E-state index contributed by atoms with van der Waals surface area (Å²) in [5, 5.41) is 0. The Hall–Kier alpha value is -0.520. The summed E-state index contributed by atoms with van der Waals surface area (Å²) in [6.07, 6.45) is 13.0. The van der Waals surface area contributed by atoms with E-state index in [1.54, 1.807) is 11.1 Å². The highest BCUT2D eigenvalue weighted by Gasteiger charge is 2.12. The van der Waals surface area contributed by atoms with Crippen LogP contribution in [-0.2, 0) is 0 Å². The second-order valence-electron chi connectivity index (χ2n) is 3.24. The Kier molecular flexibility index (Phi) is 1.62. The lowest BCUT2D eigenvalue weighted by Gasteiger charge is -2.20. The summed E-state index contributed by atoms with van der Waals surface area (Å²) in [5.74, 6) is 0. The number of rotatable bonds is 0. The zero-order valence-electron chi connectivity index (χ0n) is 6.40. The molecule has 2 rings (SSSR count). The first-order valence-corrected chi connectivity index (χ1v) is 4.35. The lowest BCUT2D eigenvalue weighted by molar-refractivity contribution is 0.665. The Morgan fingerprint density at radius 2 is 1.30 bits per heavy atom. The molecule has 0 bridgehead atoms. The first-order valence-electron chi connectivity index (χ1n) is 4.35. The third kappa shape index (κ3) is 1.03. The van der Waals surface area contributed by atoms with Gasteiger partial charge in [0.1, 0.15) is 0 Å². The molecule has 0 heteroatoms. The second-order valence-corrected chi connectivity index (χ2v) is 3.24. The van der Waals surface area contributed by atoms with Gasteiger partial charge in [0.2, 0.25) is 0 Å². The normalized spacial score (nSPS) is 24.8. The fourth-order valence-corrected chi connectivity index (χ4v) is 1.93. The van der Waals surface area contributed by atoms with E-state index in [1.807, 2.05) is 0 Å². The summed E-state index contributed by atoms with van der Waals surface area (Å²) in [4.78, 5) is 0. The molecule has 0 atom stereocenters. The molecule has 0 radical (unpaired) electrons. The van der Waals surface area contributed by atoms with Crippen molar-refractivity contribution in [2.75, 3.05) is 0 Å². The van der Waals surface area contributed by atoms with Crippen LogP contribution in [0, 0.1) is 0 Å². The van der Waals surface area contributed by atoms with E-state index in [0.717, 1.165) is 0 Å². The van der Waals surface area contributed by atoms with E-state index in [0.29, 0.717) is 0 Å². The quantitative estimate of drug-likeness (QED) is 0.477. The zero-order valence-corrected chi connectivity index (χ0v) is 6.40. The molecule has 0 aromatic heterocycles. The molecule has 0 heterocycles. The molecule has 10 heavy (non-hydrogen) atoms. The largest absolute Gasteiger partial charge is 0.0807 e. The summed E-state index contributed by atoms with van der Waals surface area (Å²) in [6, 6.07) is 0. The molecule has 0 amide bonds. The summed E-state index contributed by atoms with van der Waals surface area (Å²) < 4.78 is 0. The predicted octanol–water partition coefficient (Wildman–Crippen LogP) is 3.21. The van der Waals surface area contributed by atoms with Crippen molar-refractivity contribution in [3.63, 3.8) is 0 Å². The van der Waals surface area contributed by atoms with Crippen LogP contribution in [0.25, 0.3) is 0 Å². The molecule has 0 aromatic rings. The van der Waals surface area contributed by atoms with E-state index in [9.17, 15) is 0 Å². The number of allylic oxidation sites excluding steroid dienone is 4. The fourth-order valence-electron chi connectivity index (χ4n) is 1.93. The molecule has 0 N–H and O–H groups in total. The minimum Gasteiger partial charge on any atom is -0.0807 e. The van der Waals surface area contributed by atoms with Crippen LogP contribution >= 0.6 is 0 Å². The van der Waals surface area contributed by atoms with Gasteiger partial charge in [-0.3, -0.25) is 0 Å². The maximum absolute atomic E-state index is 2.44. The van der Waals surface area contributed by atoms with Crippen molar-refractivity contribution in [1.29, 1.82) is 0 Å². The lowest BCUT2D eigenvalue weighted by Crippen LogP contribution is -2.01. The highest BCUT2D eigenvalue weighted by molar-refractivity contribution is 5.34. The first-order chi connectivity index (χ1) is 4.97. The van der Waals surface area contributed by atoms with E-state index in [4.69, 9.17) is 0 Å². The van der Waals surface area contributed by atoms with Gasteiger partial charge < -0.3 is 0 Å². The van der Waals surface area contributed by atoms with E-state index < -0.39 is 0 Å². The molecule has 54 valence electrons.